The Bertz CT molecular complexity index is 503. The summed E-state index contributed by atoms with van der Waals surface area (Å²) >= 11 is 2.13. The van der Waals surface area contributed by atoms with Gasteiger partial charge in [0.05, 0.1) is 9.99 Å². The molecule has 19 heavy (non-hydrogen) atoms. The molecule has 0 unspecified atom stereocenters. The van der Waals surface area contributed by atoms with Crippen LogP contribution in [0.2, 0.25) is 0 Å². The third-order valence-corrected chi connectivity index (χ3v) is 4.11. The number of benzene rings is 1. The van der Waals surface area contributed by atoms with Gasteiger partial charge in [-0.05, 0) is 85.4 Å². The van der Waals surface area contributed by atoms with Gasteiger partial charge in [-0.3, -0.25) is 4.79 Å². The first kappa shape index (κ1) is 14.6. The predicted molar refractivity (Wildman–Crippen MR) is 82.3 cm³/mol. The normalized spacial score (nSPS) is 18.2. The van der Waals surface area contributed by atoms with Crippen molar-refractivity contribution in [3.8, 4) is 5.75 Å². The molecule has 1 atom stereocenters. The Labute approximate surface area is 127 Å². The molecule has 1 aliphatic carbocycles. The Morgan fingerprint density at radius 1 is 1.47 bits per heavy atom. The molecule has 3 nitrogen and oxygen atoms in total. The van der Waals surface area contributed by atoms with Crippen molar-refractivity contribution >= 4 is 28.6 Å². The van der Waals surface area contributed by atoms with E-state index in [0.29, 0.717) is 12.2 Å². The average molecular weight is 374 g/mol. The first-order valence-electron chi connectivity index (χ1n) is 6.49. The van der Waals surface area contributed by atoms with E-state index in [1.54, 1.807) is 6.07 Å². The Hall–Kier alpha value is -0.780. The zero-order valence-corrected chi connectivity index (χ0v) is 13.7. The smallest absolute Gasteiger partial charge is 0.306 e. The highest BCUT2D eigenvalue weighted by Crippen LogP contribution is 2.39. The summed E-state index contributed by atoms with van der Waals surface area (Å²) in [5, 5.41) is 9.80. The lowest BCUT2D eigenvalue weighted by Crippen LogP contribution is -2.24. The van der Waals surface area contributed by atoms with E-state index >= 15 is 0 Å². The van der Waals surface area contributed by atoms with Gasteiger partial charge < -0.3 is 9.84 Å². The lowest BCUT2D eigenvalue weighted by molar-refractivity contribution is -0.155. The maximum absolute atomic E-state index is 11.9. The number of carbonyl (C=O) groups is 1. The van der Waals surface area contributed by atoms with Gasteiger partial charge in [0, 0.05) is 0 Å². The summed E-state index contributed by atoms with van der Waals surface area (Å²) in [6.45, 7) is 5.63. The van der Waals surface area contributed by atoms with Gasteiger partial charge in [-0.2, -0.15) is 0 Å². The predicted octanol–water partition coefficient (Wildman–Crippen LogP) is 3.76. The van der Waals surface area contributed by atoms with Crippen LogP contribution in [0.1, 0.15) is 50.7 Å². The van der Waals surface area contributed by atoms with Crippen molar-refractivity contribution in [3.05, 3.63) is 26.8 Å². The number of phenols is 1. The van der Waals surface area contributed by atoms with Crippen LogP contribution in [0.4, 0.5) is 0 Å². The van der Waals surface area contributed by atoms with Crippen LogP contribution in [0.25, 0.3) is 0 Å². The highest BCUT2D eigenvalue weighted by atomic mass is 127. The second kappa shape index (κ2) is 5.31. The molecule has 0 heterocycles. The molecule has 0 aliphatic heterocycles. The van der Waals surface area contributed by atoms with Crippen molar-refractivity contribution in [1.29, 1.82) is 0 Å². The largest absolute Gasteiger partial charge is 0.507 e. The van der Waals surface area contributed by atoms with E-state index in [9.17, 15) is 9.90 Å². The SMILES string of the molecule is CC(C)(C)OC(=O)C[C@H]1CCc2cc(I)c(O)cc21. The van der Waals surface area contributed by atoms with Crippen molar-refractivity contribution in [1.82, 2.24) is 0 Å². The molecule has 2 rings (SSSR count). The molecule has 1 N–H and O–H groups in total. The van der Waals surface area contributed by atoms with Crippen molar-refractivity contribution in [2.24, 2.45) is 0 Å². The molecule has 104 valence electrons. The Balaban J connectivity index is 2.11. The summed E-state index contributed by atoms with van der Waals surface area (Å²) < 4.78 is 6.24. The first-order valence-corrected chi connectivity index (χ1v) is 7.57. The number of phenolic OH excluding ortho intramolecular Hbond substituents is 1. The molecule has 0 aromatic heterocycles. The summed E-state index contributed by atoms with van der Waals surface area (Å²) in [4.78, 5) is 11.9. The molecule has 0 saturated carbocycles. The molecule has 0 spiro atoms. The van der Waals surface area contributed by atoms with Gasteiger partial charge in [-0.1, -0.05) is 0 Å². The quantitative estimate of drug-likeness (QED) is 0.634. The molecule has 0 fully saturated rings. The van der Waals surface area contributed by atoms with Crippen molar-refractivity contribution in [2.45, 2.75) is 51.6 Å². The van der Waals surface area contributed by atoms with Crippen LogP contribution in [-0.4, -0.2) is 16.7 Å². The maximum atomic E-state index is 11.9. The molecule has 4 heteroatoms. The Morgan fingerprint density at radius 2 is 2.16 bits per heavy atom. The van der Waals surface area contributed by atoms with Gasteiger partial charge in [0.15, 0.2) is 0 Å². The Kier molecular flexibility index (Phi) is 4.08. The monoisotopic (exact) mass is 374 g/mol. The van der Waals surface area contributed by atoms with Gasteiger partial charge in [-0.15, -0.1) is 0 Å². The number of fused-ring (bicyclic) bond motifs is 1. The van der Waals surface area contributed by atoms with Crippen molar-refractivity contribution < 1.29 is 14.6 Å². The summed E-state index contributed by atoms with van der Waals surface area (Å²) in [5.74, 6) is 0.312. The number of halogens is 1. The van der Waals surface area contributed by atoms with E-state index in [1.807, 2.05) is 26.8 Å². The van der Waals surface area contributed by atoms with Crippen molar-refractivity contribution in [2.75, 3.05) is 0 Å². The zero-order chi connectivity index (χ0) is 14.2. The van der Waals surface area contributed by atoms with Crippen LogP contribution < -0.4 is 0 Å². The summed E-state index contributed by atoms with van der Waals surface area (Å²) in [7, 11) is 0. The van der Waals surface area contributed by atoms with E-state index < -0.39 is 5.60 Å². The number of ether oxygens (including phenoxy) is 1. The third-order valence-electron chi connectivity index (χ3n) is 3.24. The minimum atomic E-state index is -0.438. The summed E-state index contributed by atoms with van der Waals surface area (Å²) in [6, 6.07) is 3.82. The van der Waals surface area contributed by atoms with Crippen LogP contribution in [0.5, 0.6) is 5.75 Å². The summed E-state index contributed by atoms with van der Waals surface area (Å²) in [5.41, 5.74) is 1.91. The topological polar surface area (TPSA) is 46.5 Å². The lowest BCUT2D eigenvalue weighted by atomic mass is 9.97. The fourth-order valence-corrected chi connectivity index (χ4v) is 3.03. The Morgan fingerprint density at radius 3 is 2.79 bits per heavy atom. The third kappa shape index (κ3) is 3.61. The molecular formula is C15H19IO3. The highest BCUT2D eigenvalue weighted by Gasteiger charge is 2.28. The number of esters is 1. The second-order valence-electron chi connectivity index (χ2n) is 6.03. The standard InChI is InChI=1S/C15H19IO3/c1-15(2,3)19-14(18)7-10-5-4-9-6-12(16)13(17)8-11(9)10/h6,8,10,17H,4-5,7H2,1-3H3/t10-/m1/s1. The van der Waals surface area contributed by atoms with Crippen LogP contribution in [0.3, 0.4) is 0 Å². The molecule has 1 aromatic rings. The molecule has 1 aliphatic rings. The van der Waals surface area contributed by atoms with Gasteiger partial charge in [0.1, 0.15) is 11.4 Å². The molecule has 0 saturated heterocycles. The minimum Gasteiger partial charge on any atom is -0.507 e. The zero-order valence-electron chi connectivity index (χ0n) is 11.5. The number of hydrogen-bond acceptors (Lipinski definition) is 3. The molecule has 0 radical (unpaired) electrons. The van der Waals surface area contributed by atoms with Gasteiger partial charge in [0.25, 0.3) is 0 Å². The van der Waals surface area contributed by atoms with Gasteiger partial charge in [-0.25, -0.2) is 0 Å². The number of hydrogen-bond donors (Lipinski definition) is 1. The molecule has 1 aromatic carbocycles. The lowest BCUT2D eigenvalue weighted by Gasteiger charge is -2.21. The fourth-order valence-electron chi connectivity index (χ4n) is 2.50. The number of aromatic hydroxyl groups is 1. The van der Waals surface area contributed by atoms with Crippen LogP contribution in [0, 0.1) is 3.57 Å². The van der Waals surface area contributed by atoms with Crippen LogP contribution in [-0.2, 0) is 16.0 Å². The average Bonchev–Trinajstić information content (AvgIpc) is 2.59. The number of aryl methyl sites for hydroxylation is 1. The van der Waals surface area contributed by atoms with E-state index in [-0.39, 0.29) is 11.9 Å². The van der Waals surface area contributed by atoms with E-state index in [0.717, 1.165) is 22.0 Å². The first-order chi connectivity index (χ1) is 8.76. The van der Waals surface area contributed by atoms with E-state index in [4.69, 9.17) is 4.74 Å². The fraction of sp³-hybridized carbons (Fsp3) is 0.533. The summed E-state index contributed by atoms with van der Waals surface area (Å²) in [6.07, 6.45) is 2.32. The number of rotatable bonds is 2. The molecular weight excluding hydrogens is 355 g/mol. The number of carbonyl (C=O) groups excluding carboxylic acids is 1. The van der Waals surface area contributed by atoms with Crippen LogP contribution >= 0.6 is 22.6 Å². The van der Waals surface area contributed by atoms with Crippen LogP contribution in [0.15, 0.2) is 12.1 Å². The maximum Gasteiger partial charge on any atom is 0.306 e. The van der Waals surface area contributed by atoms with Gasteiger partial charge in [0.2, 0.25) is 0 Å². The molecule has 0 amide bonds. The van der Waals surface area contributed by atoms with Gasteiger partial charge >= 0.3 is 5.97 Å². The second-order valence-corrected chi connectivity index (χ2v) is 7.19. The molecule has 0 bridgehead atoms. The van der Waals surface area contributed by atoms with Crippen molar-refractivity contribution in [3.63, 3.8) is 0 Å². The minimum absolute atomic E-state index is 0.164. The van der Waals surface area contributed by atoms with E-state index in [1.165, 1.54) is 5.56 Å². The highest BCUT2D eigenvalue weighted by molar-refractivity contribution is 14.1. The van der Waals surface area contributed by atoms with E-state index in [2.05, 4.69) is 22.6 Å².